The van der Waals surface area contributed by atoms with Crippen LogP contribution in [0.3, 0.4) is 0 Å². The number of aromatic nitrogens is 2. The molecule has 1 aromatic heterocycles. The average Bonchev–Trinajstić information content (AvgIpc) is 2.61. The minimum Gasteiger partial charge on any atom is -0.447 e. The van der Waals surface area contributed by atoms with Gasteiger partial charge in [0.15, 0.2) is 0 Å². The number of hydrogen-bond acceptors (Lipinski definition) is 5. The van der Waals surface area contributed by atoms with Gasteiger partial charge in [-0.3, -0.25) is 0 Å². The van der Waals surface area contributed by atoms with E-state index in [1.165, 1.54) is 31.2 Å². The summed E-state index contributed by atoms with van der Waals surface area (Å²) in [6, 6.07) is 8.52. The topological polar surface area (TPSA) is 81.3 Å². The van der Waals surface area contributed by atoms with Crippen molar-refractivity contribution in [1.29, 1.82) is 0 Å². The van der Waals surface area contributed by atoms with Gasteiger partial charge in [0.25, 0.3) is 0 Å². The molecule has 3 aromatic rings. The second-order valence-corrected chi connectivity index (χ2v) is 5.93. The van der Waals surface area contributed by atoms with Gasteiger partial charge < -0.3 is 15.5 Å². The SMILES string of the molecule is CB(O)c1ccc(OC(F)(F)C(F)F)c(-c2ccc3c(N)cnnc3c2)c1. The zero-order valence-corrected chi connectivity index (χ0v) is 14.0. The maximum atomic E-state index is 13.4. The van der Waals surface area contributed by atoms with Crippen molar-refractivity contribution in [2.75, 3.05) is 5.73 Å². The lowest BCUT2D eigenvalue weighted by Gasteiger charge is -2.20. The number of benzene rings is 2. The molecule has 0 bridgehead atoms. The number of fused-ring (bicyclic) bond motifs is 1. The first-order chi connectivity index (χ1) is 12.7. The Balaban J connectivity index is 2.16. The number of hydrogen-bond donors (Lipinski definition) is 2. The molecule has 0 saturated heterocycles. The third kappa shape index (κ3) is 3.80. The number of nitrogen functional groups attached to an aromatic ring is 1. The molecule has 140 valence electrons. The molecule has 0 atom stereocenters. The van der Waals surface area contributed by atoms with Crippen LogP contribution in [-0.4, -0.2) is 34.7 Å². The van der Waals surface area contributed by atoms with E-state index >= 15 is 0 Å². The Bertz CT molecular complexity index is 986. The summed E-state index contributed by atoms with van der Waals surface area (Å²) in [7, 11) is 0. The van der Waals surface area contributed by atoms with Crippen molar-refractivity contribution < 1.29 is 27.3 Å². The molecule has 0 saturated carbocycles. The first kappa shape index (κ1) is 18.9. The highest BCUT2D eigenvalue weighted by molar-refractivity contribution is 6.64. The fraction of sp³-hybridized carbons (Fsp3) is 0.176. The lowest BCUT2D eigenvalue weighted by Crippen LogP contribution is -2.34. The Morgan fingerprint density at radius 1 is 1.19 bits per heavy atom. The molecule has 27 heavy (non-hydrogen) atoms. The number of rotatable bonds is 5. The molecular formula is C17H14BF4N3O2. The standard InChI is InChI=1S/C17H14BF4N3O2/c1-18(26)10-3-5-15(27-17(21,22)16(19)20)12(7-10)9-2-4-11-13(23)8-24-25-14(11)6-9/h2-8,16,26H,1H3,(H2,23,25). The first-order valence-corrected chi connectivity index (χ1v) is 7.87. The van der Waals surface area contributed by atoms with Crippen LogP contribution in [-0.2, 0) is 0 Å². The fourth-order valence-corrected chi connectivity index (χ4v) is 2.56. The molecule has 3 rings (SSSR count). The summed E-state index contributed by atoms with van der Waals surface area (Å²) in [4.78, 5) is 0. The third-order valence-electron chi connectivity index (χ3n) is 3.97. The van der Waals surface area contributed by atoms with Crippen molar-refractivity contribution in [2.24, 2.45) is 0 Å². The third-order valence-corrected chi connectivity index (χ3v) is 3.97. The van der Waals surface area contributed by atoms with Gasteiger partial charge in [0.05, 0.1) is 17.4 Å². The summed E-state index contributed by atoms with van der Waals surface area (Å²) in [5, 5.41) is 18.0. The molecule has 0 aliphatic heterocycles. The second kappa shape index (κ2) is 7.03. The molecule has 1 heterocycles. The number of nitrogens with zero attached hydrogens (tertiary/aromatic N) is 2. The molecular weight excluding hydrogens is 365 g/mol. The number of halogens is 4. The Kier molecular flexibility index (Phi) is 4.92. The van der Waals surface area contributed by atoms with Crippen LogP contribution in [0.15, 0.2) is 42.6 Å². The molecule has 0 aliphatic carbocycles. The zero-order chi connectivity index (χ0) is 19.8. The lowest BCUT2D eigenvalue weighted by molar-refractivity contribution is -0.253. The van der Waals surface area contributed by atoms with Crippen molar-refractivity contribution >= 4 is 29.0 Å². The fourth-order valence-electron chi connectivity index (χ4n) is 2.56. The minimum absolute atomic E-state index is 0.0971. The Morgan fingerprint density at radius 2 is 1.93 bits per heavy atom. The molecule has 0 amide bonds. The predicted octanol–water partition coefficient (Wildman–Crippen LogP) is 2.94. The summed E-state index contributed by atoms with van der Waals surface area (Å²) in [6.45, 7) is 0.587. The second-order valence-electron chi connectivity index (χ2n) is 5.93. The van der Waals surface area contributed by atoms with Crippen LogP contribution in [0, 0.1) is 0 Å². The van der Waals surface area contributed by atoms with Crippen molar-refractivity contribution in [3.8, 4) is 16.9 Å². The molecule has 0 unspecified atom stereocenters. The van der Waals surface area contributed by atoms with Crippen LogP contribution < -0.4 is 15.9 Å². The molecule has 0 radical (unpaired) electrons. The van der Waals surface area contributed by atoms with E-state index in [0.29, 0.717) is 27.6 Å². The molecule has 0 aliphatic rings. The van der Waals surface area contributed by atoms with Crippen LogP contribution in [0.4, 0.5) is 23.2 Å². The quantitative estimate of drug-likeness (QED) is 0.526. The van der Waals surface area contributed by atoms with E-state index in [-0.39, 0.29) is 5.56 Å². The number of alkyl halides is 4. The highest BCUT2D eigenvalue weighted by atomic mass is 19.3. The van der Waals surface area contributed by atoms with Gasteiger partial charge in [0.2, 0.25) is 0 Å². The van der Waals surface area contributed by atoms with Gasteiger partial charge in [-0.15, -0.1) is 0 Å². The van der Waals surface area contributed by atoms with Crippen LogP contribution in [0.5, 0.6) is 5.75 Å². The van der Waals surface area contributed by atoms with Crippen LogP contribution >= 0.6 is 0 Å². The molecule has 10 heteroatoms. The van der Waals surface area contributed by atoms with Crippen LogP contribution in [0.25, 0.3) is 22.0 Å². The van der Waals surface area contributed by atoms with E-state index in [2.05, 4.69) is 14.9 Å². The molecule has 2 aromatic carbocycles. The smallest absolute Gasteiger partial charge is 0.447 e. The highest BCUT2D eigenvalue weighted by Crippen LogP contribution is 2.36. The summed E-state index contributed by atoms with van der Waals surface area (Å²) < 4.78 is 56.2. The minimum atomic E-state index is -4.66. The number of nitrogens with two attached hydrogens (primary N) is 1. The largest absolute Gasteiger partial charge is 0.461 e. The van der Waals surface area contributed by atoms with E-state index in [9.17, 15) is 22.6 Å². The predicted molar refractivity (Wildman–Crippen MR) is 94.4 cm³/mol. The van der Waals surface area contributed by atoms with Crippen LogP contribution in [0.1, 0.15) is 0 Å². The van der Waals surface area contributed by atoms with Gasteiger partial charge in [-0.25, -0.2) is 0 Å². The van der Waals surface area contributed by atoms with E-state index in [1.54, 1.807) is 12.1 Å². The van der Waals surface area contributed by atoms with Gasteiger partial charge in [-0.2, -0.15) is 27.8 Å². The van der Waals surface area contributed by atoms with Crippen LogP contribution in [0.2, 0.25) is 6.82 Å². The summed E-state index contributed by atoms with van der Waals surface area (Å²) >= 11 is 0. The van der Waals surface area contributed by atoms with E-state index in [0.717, 1.165) is 6.07 Å². The van der Waals surface area contributed by atoms with E-state index in [1.807, 2.05) is 0 Å². The number of anilines is 1. The van der Waals surface area contributed by atoms with Gasteiger partial charge in [-0.1, -0.05) is 25.0 Å². The summed E-state index contributed by atoms with van der Waals surface area (Å²) in [6.07, 6.45) is -7.29. The van der Waals surface area contributed by atoms with Crippen molar-refractivity contribution in [1.82, 2.24) is 10.2 Å². The first-order valence-electron chi connectivity index (χ1n) is 7.87. The maximum Gasteiger partial charge on any atom is 0.461 e. The molecule has 0 spiro atoms. The lowest BCUT2D eigenvalue weighted by atomic mass is 9.64. The van der Waals surface area contributed by atoms with Gasteiger partial charge in [0.1, 0.15) is 5.75 Å². The average molecular weight is 379 g/mol. The summed E-state index contributed by atoms with van der Waals surface area (Å²) in [5.74, 6) is -0.457. The molecule has 0 fully saturated rings. The Labute approximate surface area is 151 Å². The molecule has 3 N–H and O–H groups in total. The molecule has 5 nitrogen and oxygen atoms in total. The number of ether oxygens (including phenoxy) is 1. The van der Waals surface area contributed by atoms with Gasteiger partial charge in [-0.05, 0) is 29.2 Å². The van der Waals surface area contributed by atoms with Crippen molar-refractivity contribution in [3.05, 3.63) is 42.6 Å². The monoisotopic (exact) mass is 379 g/mol. The Hall–Kier alpha value is -2.88. The van der Waals surface area contributed by atoms with E-state index < -0.39 is 25.2 Å². The van der Waals surface area contributed by atoms with Crippen molar-refractivity contribution in [3.63, 3.8) is 0 Å². The normalized spacial score (nSPS) is 11.8. The summed E-state index contributed by atoms with van der Waals surface area (Å²) in [5.41, 5.74) is 7.44. The van der Waals surface area contributed by atoms with E-state index in [4.69, 9.17) is 5.73 Å². The highest BCUT2D eigenvalue weighted by Gasteiger charge is 2.44. The Morgan fingerprint density at radius 3 is 2.59 bits per heavy atom. The van der Waals surface area contributed by atoms with Crippen molar-refractivity contribution in [2.45, 2.75) is 19.4 Å². The van der Waals surface area contributed by atoms with Gasteiger partial charge >= 0.3 is 19.4 Å². The van der Waals surface area contributed by atoms with Gasteiger partial charge in [0, 0.05) is 10.9 Å². The maximum absolute atomic E-state index is 13.4. The zero-order valence-electron chi connectivity index (χ0n) is 14.0.